The fourth-order valence-electron chi connectivity index (χ4n) is 2.84. The number of benzene rings is 1. The molecule has 2 atom stereocenters. The van der Waals surface area contributed by atoms with E-state index in [9.17, 15) is 0 Å². The molecule has 2 unspecified atom stereocenters. The Bertz CT molecular complexity index is 592. The second kappa shape index (κ2) is 6.82. The molecular formula is C17H19ClN2S. The van der Waals surface area contributed by atoms with Crippen LogP contribution in [0.2, 0.25) is 5.02 Å². The monoisotopic (exact) mass is 318 g/mol. The minimum Gasteiger partial charge on any atom is -0.313 e. The normalized spacial score (nSPS) is 18.5. The second-order valence-electron chi connectivity index (χ2n) is 5.30. The highest BCUT2D eigenvalue weighted by Gasteiger charge is 2.29. The molecule has 2 nitrogen and oxygen atoms in total. The third kappa shape index (κ3) is 3.42. The summed E-state index contributed by atoms with van der Waals surface area (Å²) in [4.78, 5) is 5.49. The van der Waals surface area contributed by atoms with Gasteiger partial charge in [0.15, 0.2) is 0 Å². The molecule has 3 rings (SSSR count). The molecule has 0 amide bonds. The first kappa shape index (κ1) is 14.9. The molecule has 1 aromatic heterocycles. The van der Waals surface area contributed by atoms with E-state index in [0.717, 1.165) is 24.4 Å². The van der Waals surface area contributed by atoms with Crippen LogP contribution in [0.25, 0.3) is 0 Å². The van der Waals surface area contributed by atoms with E-state index in [0.29, 0.717) is 11.3 Å². The quantitative estimate of drug-likeness (QED) is 0.903. The van der Waals surface area contributed by atoms with Crippen LogP contribution in [-0.4, -0.2) is 22.8 Å². The van der Waals surface area contributed by atoms with Crippen molar-refractivity contribution in [2.75, 3.05) is 6.54 Å². The predicted octanol–water partition coefficient (Wildman–Crippen LogP) is 3.97. The van der Waals surface area contributed by atoms with Gasteiger partial charge in [0.25, 0.3) is 0 Å². The first-order valence-electron chi connectivity index (χ1n) is 7.34. The molecule has 0 spiro atoms. The van der Waals surface area contributed by atoms with E-state index in [1.807, 2.05) is 24.0 Å². The Balaban J connectivity index is 1.76. The lowest BCUT2D eigenvalue weighted by molar-refractivity contribution is 0.506. The van der Waals surface area contributed by atoms with Gasteiger partial charge in [0.1, 0.15) is 0 Å². The van der Waals surface area contributed by atoms with Crippen molar-refractivity contribution in [1.29, 1.82) is 0 Å². The van der Waals surface area contributed by atoms with Crippen molar-refractivity contribution < 1.29 is 0 Å². The van der Waals surface area contributed by atoms with E-state index in [1.54, 1.807) is 6.20 Å². The molecule has 2 aromatic rings. The lowest BCUT2D eigenvalue weighted by atomic mass is 9.99. The Kier molecular flexibility index (Phi) is 4.84. The minimum absolute atomic E-state index is 0.423. The first-order chi connectivity index (χ1) is 10.3. The Morgan fingerprint density at radius 1 is 1.38 bits per heavy atom. The number of rotatable bonds is 5. The largest absolute Gasteiger partial charge is 0.313 e. The summed E-state index contributed by atoms with van der Waals surface area (Å²) in [5.74, 6) is 0. The fourth-order valence-corrected chi connectivity index (χ4v) is 4.44. The molecule has 1 N–H and O–H groups in total. The van der Waals surface area contributed by atoms with Gasteiger partial charge in [-0.25, -0.2) is 0 Å². The van der Waals surface area contributed by atoms with Gasteiger partial charge < -0.3 is 5.32 Å². The number of hydrogen-bond acceptors (Lipinski definition) is 3. The van der Waals surface area contributed by atoms with Crippen LogP contribution in [0.15, 0.2) is 47.6 Å². The van der Waals surface area contributed by atoms with Crippen molar-refractivity contribution in [3.63, 3.8) is 0 Å². The van der Waals surface area contributed by atoms with Gasteiger partial charge in [-0.2, -0.15) is 0 Å². The topological polar surface area (TPSA) is 24.9 Å². The third-order valence-electron chi connectivity index (χ3n) is 3.88. The summed E-state index contributed by atoms with van der Waals surface area (Å²) in [6.07, 6.45) is 5.62. The van der Waals surface area contributed by atoms with Crippen molar-refractivity contribution in [3.8, 4) is 0 Å². The first-order valence-corrected chi connectivity index (χ1v) is 8.60. The van der Waals surface area contributed by atoms with Gasteiger partial charge in [-0.3, -0.25) is 4.98 Å². The van der Waals surface area contributed by atoms with Gasteiger partial charge in [0.05, 0.1) is 5.02 Å². The lowest BCUT2D eigenvalue weighted by Crippen LogP contribution is -2.39. The van der Waals surface area contributed by atoms with Crippen LogP contribution in [0, 0.1) is 0 Å². The number of nitrogens with one attached hydrogen (secondary N) is 1. The van der Waals surface area contributed by atoms with Crippen LogP contribution in [0.4, 0.5) is 0 Å². The summed E-state index contributed by atoms with van der Waals surface area (Å²) in [5, 5.41) is 4.96. The standard InChI is InChI=1S/C17H19ClN2S/c1-2-20-15(9-12-7-8-19-11-14(12)18)17-10-13-5-3-4-6-16(13)21-17/h3-8,11,15,17,20H,2,9-10H2,1H3. The van der Waals surface area contributed by atoms with Gasteiger partial charge in [0, 0.05) is 28.6 Å². The summed E-state index contributed by atoms with van der Waals surface area (Å²) in [5.41, 5.74) is 2.64. The fraction of sp³-hybridized carbons (Fsp3) is 0.353. The van der Waals surface area contributed by atoms with Crippen molar-refractivity contribution in [2.24, 2.45) is 0 Å². The molecule has 1 aliphatic rings. The second-order valence-corrected chi connectivity index (χ2v) is 6.99. The summed E-state index contributed by atoms with van der Waals surface area (Å²) in [7, 11) is 0. The van der Waals surface area contributed by atoms with Crippen molar-refractivity contribution in [3.05, 3.63) is 58.9 Å². The predicted molar refractivity (Wildman–Crippen MR) is 90.2 cm³/mol. The summed E-state index contributed by atoms with van der Waals surface area (Å²) < 4.78 is 0. The highest BCUT2D eigenvalue weighted by molar-refractivity contribution is 8.00. The van der Waals surface area contributed by atoms with Crippen LogP contribution >= 0.6 is 23.4 Å². The van der Waals surface area contributed by atoms with E-state index in [-0.39, 0.29) is 0 Å². The molecule has 0 radical (unpaired) electrons. The molecule has 0 saturated heterocycles. The van der Waals surface area contributed by atoms with Gasteiger partial charge in [-0.1, -0.05) is 36.7 Å². The maximum Gasteiger partial charge on any atom is 0.0621 e. The van der Waals surface area contributed by atoms with E-state index in [1.165, 1.54) is 16.0 Å². The number of pyridine rings is 1. The molecule has 0 bridgehead atoms. The van der Waals surface area contributed by atoms with Crippen LogP contribution in [-0.2, 0) is 12.8 Å². The zero-order valence-corrected chi connectivity index (χ0v) is 13.6. The van der Waals surface area contributed by atoms with E-state index >= 15 is 0 Å². The van der Waals surface area contributed by atoms with Crippen molar-refractivity contribution in [2.45, 2.75) is 36.0 Å². The average molecular weight is 319 g/mol. The Labute approximate surface area is 135 Å². The highest BCUT2D eigenvalue weighted by atomic mass is 35.5. The summed E-state index contributed by atoms with van der Waals surface area (Å²) in [6, 6.07) is 11.2. The highest BCUT2D eigenvalue weighted by Crippen LogP contribution is 2.39. The van der Waals surface area contributed by atoms with Crippen LogP contribution in [0.3, 0.4) is 0 Å². The SMILES string of the molecule is CCNC(Cc1ccncc1Cl)C1Cc2ccccc2S1. The summed E-state index contributed by atoms with van der Waals surface area (Å²) >= 11 is 8.26. The van der Waals surface area contributed by atoms with Crippen molar-refractivity contribution in [1.82, 2.24) is 10.3 Å². The summed E-state index contributed by atoms with van der Waals surface area (Å²) in [6.45, 7) is 3.13. The van der Waals surface area contributed by atoms with Crippen LogP contribution < -0.4 is 5.32 Å². The van der Waals surface area contributed by atoms with E-state index in [4.69, 9.17) is 11.6 Å². The van der Waals surface area contributed by atoms with Crippen LogP contribution in [0.5, 0.6) is 0 Å². The molecule has 1 aromatic carbocycles. The molecule has 2 heterocycles. The third-order valence-corrected chi connectivity index (χ3v) is 5.67. The number of halogens is 1. The molecule has 4 heteroatoms. The average Bonchev–Trinajstić information content (AvgIpc) is 2.93. The maximum atomic E-state index is 6.27. The molecule has 0 fully saturated rings. The number of likely N-dealkylation sites (N-methyl/N-ethyl adjacent to an activating group) is 1. The Morgan fingerprint density at radius 3 is 3.00 bits per heavy atom. The number of aromatic nitrogens is 1. The number of fused-ring (bicyclic) bond motifs is 1. The minimum atomic E-state index is 0.423. The Morgan fingerprint density at radius 2 is 2.24 bits per heavy atom. The van der Waals surface area contributed by atoms with E-state index < -0.39 is 0 Å². The van der Waals surface area contributed by atoms with Gasteiger partial charge >= 0.3 is 0 Å². The van der Waals surface area contributed by atoms with Gasteiger partial charge in [-0.05, 0) is 42.6 Å². The number of thioether (sulfide) groups is 1. The molecule has 0 saturated carbocycles. The lowest BCUT2D eigenvalue weighted by Gasteiger charge is -2.24. The smallest absolute Gasteiger partial charge is 0.0621 e. The molecule has 0 aliphatic carbocycles. The zero-order valence-electron chi connectivity index (χ0n) is 12.1. The van der Waals surface area contributed by atoms with Gasteiger partial charge in [0.2, 0.25) is 0 Å². The molecule has 1 aliphatic heterocycles. The van der Waals surface area contributed by atoms with Crippen molar-refractivity contribution >= 4 is 23.4 Å². The zero-order chi connectivity index (χ0) is 14.7. The van der Waals surface area contributed by atoms with Crippen LogP contribution in [0.1, 0.15) is 18.1 Å². The maximum absolute atomic E-state index is 6.27. The molecule has 110 valence electrons. The van der Waals surface area contributed by atoms with Gasteiger partial charge in [-0.15, -0.1) is 11.8 Å². The number of nitrogens with zero attached hydrogens (tertiary/aromatic N) is 1. The Hall–Kier alpha value is -1.03. The number of hydrogen-bond donors (Lipinski definition) is 1. The molecular weight excluding hydrogens is 300 g/mol. The molecule has 21 heavy (non-hydrogen) atoms. The van der Waals surface area contributed by atoms with E-state index in [2.05, 4.69) is 41.5 Å².